The molecule has 6 rings (SSSR count). The van der Waals surface area contributed by atoms with Crippen LogP contribution in [0.5, 0.6) is 0 Å². The van der Waals surface area contributed by atoms with Gasteiger partial charge in [0.1, 0.15) is 5.60 Å². The average Bonchev–Trinajstić information content (AvgIpc) is 3.43. The predicted molar refractivity (Wildman–Crippen MR) is 175 cm³/mol. The maximum absolute atomic E-state index is 12.5. The van der Waals surface area contributed by atoms with Crippen molar-refractivity contribution in [2.45, 2.75) is 65.4 Å². The molecule has 3 aliphatic carbocycles. The SMILES string of the molecule is CC1=CC=C2C(C3CCCCC3)=C3C(=CN(CCN4CCN(C(=O)OC(C)(C)C)CC4)CC4=C3SC(C(=O)O)=NC4)C12.Cl. The van der Waals surface area contributed by atoms with Gasteiger partial charge in [0, 0.05) is 62.8 Å². The molecule has 0 aromatic heterocycles. The first-order valence-electron chi connectivity index (χ1n) is 15.6. The van der Waals surface area contributed by atoms with Crippen LogP contribution in [0, 0.1) is 11.8 Å². The predicted octanol–water partition coefficient (Wildman–Crippen LogP) is 6.04. The number of hydrogen-bond donors (Lipinski definition) is 1. The quantitative estimate of drug-likeness (QED) is 0.397. The van der Waals surface area contributed by atoms with Crippen LogP contribution in [-0.2, 0) is 9.53 Å². The number of piperazine rings is 1. The second-order valence-electron chi connectivity index (χ2n) is 13.4. The minimum Gasteiger partial charge on any atom is -0.476 e. The summed E-state index contributed by atoms with van der Waals surface area (Å²) in [6.45, 7) is 13.9. The molecule has 2 fully saturated rings. The molecule has 0 aromatic carbocycles. The number of carbonyl (C=O) groups excluding carboxylic acids is 1. The van der Waals surface area contributed by atoms with Crippen LogP contribution < -0.4 is 0 Å². The molecule has 10 heteroatoms. The monoisotopic (exact) mass is 628 g/mol. The number of allylic oxidation sites excluding steroid dienone is 7. The Labute approximate surface area is 266 Å². The number of aliphatic imine (C=N–C) groups is 1. The first-order valence-corrected chi connectivity index (χ1v) is 16.4. The molecule has 234 valence electrons. The third-order valence-corrected chi connectivity index (χ3v) is 10.5. The molecule has 1 amide bonds. The van der Waals surface area contributed by atoms with Crippen molar-refractivity contribution in [1.29, 1.82) is 0 Å². The van der Waals surface area contributed by atoms with Crippen LogP contribution in [0.25, 0.3) is 0 Å². The summed E-state index contributed by atoms with van der Waals surface area (Å²) in [5, 5.41) is 10.1. The Morgan fingerprint density at radius 1 is 1.05 bits per heavy atom. The van der Waals surface area contributed by atoms with Crippen molar-refractivity contribution < 1.29 is 19.4 Å². The Bertz CT molecular complexity index is 1340. The number of carboxylic acid groups (broad SMARTS) is 1. The number of carbonyl (C=O) groups is 2. The summed E-state index contributed by atoms with van der Waals surface area (Å²) in [5.74, 6) is -0.143. The molecule has 1 saturated heterocycles. The van der Waals surface area contributed by atoms with Gasteiger partial charge < -0.3 is 19.6 Å². The molecule has 1 atom stereocenters. The number of halogens is 1. The average molecular weight is 629 g/mol. The van der Waals surface area contributed by atoms with Gasteiger partial charge in [0.2, 0.25) is 0 Å². The molecule has 0 radical (unpaired) electrons. The highest BCUT2D eigenvalue weighted by atomic mass is 35.5. The number of rotatable bonds is 5. The van der Waals surface area contributed by atoms with Crippen LogP contribution in [0.2, 0.25) is 0 Å². The number of ether oxygens (including phenoxy) is 1. The fourth-order valence-corrected chi connectivity index (χ4v) is 8.28. The van der Waals surface area contributed by atoms with E-state index in [2.05, 4.69) is 40.1 Å². The lowest BCUT2D eigenvalue weighted by Gasteiger charge is -2.36. The molecule has 0 aromatic rings. The highest BCUT2D eigenvalue weighted by molar-refractivity contribution is 8.19. The van der Waals surface area contributed by atoms with E-state index in [0.29, 0.717) is 25.6 Å². The molecule has 1 saturated carbocycles. The summed E-state index contributed by atoms with van der Waals surface area (Å²) in [7, 11) is 0. The molecule has 1 N–H and O–H groups in total. The third kappa shape index (κ3) is 6.64. The number of hydrogen-bond acceptors (Lipinski definition) is 7. The second kappa shape index (κ2) is 12.9. The van der Waals surface area contributed by atoms with Crippen LogP contribution in [0.15, 0.2) is 61.7 Å². The fraction of sp³-hybridized carbons (Fsp3) is 0.606. The maximum Gasteiger partial charge on any atom is 0.410 e. The van der Waals surface area contributed by atoms with E-state index in [-0.39, 0.29) is 29.5 Å². The number of fused-ring (bicyclic) bond motifs is 4. The summed E-state index contributed by atoms with van der Waals surface area (Å²) in [6, 6.07) is 0. The van der Waals surface area contributed by atoms with E-state index in [0.717, 1.165) is 37.6 Å². The molecule has 1 unspecified atom stereocenters. The third-order valence-electron chi connectivity index (χ3n) is 9.27. The Balaban J connectivity index is 0.00000368. The maximum atomic E-state index is 12.5. The highest BCUT2D eigenvalue weighted by Crippen LogP contribution is 2.57. The first kappa shape index (κ1) is 31.9. The smallest absolute Gasteiger partial charge is 0.410 e. The van der Waals surface area contributed by atoms with Crippen LogP contribution in [0.3, 0.4) is 0 Å². The first-order chi connectivity index (χ1) is 20.1. The molecule has 0 spiro atoms. The summed E-state index contributed by atoms with van der Waals surface area (Å²) in [4.78, 5) is 36.9. The Morgan fingerprint density at radius 2 is 1.77 bits per heavy atom. The summed E-state index contributed by atoms with van der Waals surface area (Å²) in [5.41, 5.74) is 7.69. The number of amides is 1. The van der Waals surface area contributed by atoms with Gasteiger partial charge in [-0.2, -0.15) is 0 Å². The summed E-state index contributed by atoms with van der Waals surface area (Å²) >= 11 is 1.37. The van der Waals surface area contributed by atoms with Crippen molar-refractivity contribution in [3.05, 3.63) is 56.7 Å². The normalized spacial score (nSPS) is 24.7. The van der Waals surface area contributed by atoms with E-state index in [1.54, 1.807) is 0 Å². The van der Waals surface area contributed by atoms with Crippen LogP contribution in [-0.4, -0.2) is 94.9 Å². The largest absolute Gasteiger partial charge is 0.476 e. The molecule has 3 heterocycles. The lowest BCUT2D eigenvalue weighted by atomic mass is 9.80. The molecular weight excluding hydrogens is 584 g/mol. The summed E-state index contributed by atoms with van der Waals surface area (Å²) in [6.07, 6.45) is 13.0. The van der Waals surface area contributed by atoms with Crippen molar-refractivity contribution in [3.63, 3.8) is 0 Å². The van der Waals surface area contributed by atoms with Crippen LogP contribution in [0.1, 0.15) is 59.8 Å². The van der Waals surface area contributed by atoms with Gasteiger partial charge >= 0.3 is 12.1 Å². The zero-order valence-electron chi connectivity index (χ0n) is 25.9. The van der Waals surface area contributed by atoms with Crippen molar-refractivity contribution in [3.8, 4) is 0 Å². The van der Waals surface area contributed by atoms with Gasteiger partial charge in [-0.05, 0) is 74.3 Å². The molecule has 43 heavy (non-hydrogen) atoms. The van der Waals surface area contributed by atoms with Gasteiger partial charge in [-0.25, -0.2) is 9.59 Å². The fourth-order valence-electron chi connectivity index (χ4n) is 7.27. The van der Waals surface area contributed by atoms with Gasteiger partial charge in [-0.1, -0.05) is 48.7 Å². The topological polar surface area (TPSA) is 85.7 Å². The number of carboxylic acids is 1. The molecule has 8 nitrogen and oxygen atoms in total. The van der Waals surface area contributed by atoms with E-state index in [4.69, 9.17) is 4.74 Å². The van der Waals surface area contributed by atoms with Crippen molar-refractivity contribution >= 4 is 41.3 Å². The van der Waals surface area contributed by atoms with E-state index in [1.165, 1.54) is 77.3 Å². The van der Waals surface area contributed by atoms with Gasteiger partial charge in [0.25, 0.3) is 0 Å². The highest BCUT2D eigenvalue weighted by Gasteiger charge is 2.44. The molecular formula is C33H45ClN4O4S. The van der Waals surface area contributed by atoms with Crippen LogP contribution in [0.4, 0.5) is 4.79 Å². The van der Waals surface area contributed by atoms with E-state index in [9.17, 15) is 14.7 Å². The Hall–Kier alpha value is -2.49. The van der Waals surface area contributed by atoms with E-state index in [1.807, 2.05) is 25.7 Å². The van der Waals surface area contributed by atoms with Crippen molar-refractivity contribution in [2.24, 2.45) is 16.8 Å². The Kier molecular flexibility index (Phi) is 9.54. The minimum absolute atomic E-state index is 0. The molecule has 6 aliphatic rings. The zero-order chi connectivity index (χ0) is 29.6. The minimum atomic E-state index is -0.933. The van der Waals surface area contributed by atoms with Crippen LogP contribution >= 0.6 is 24.2 Å². The van der Waals surface area contributed by atoms with Gasteiger partial charge in [-0.15, -0.1) is 12.4 Å². The number of nitrogens with zero attached hydrogens (tertiary/aromatic N) is 4. The summed E-state index contributed by atoms with van der Waals surface area (Å²) < 4.78 is 5.57. The zero-order valence-corrected chi connectivity index (χ0v) is 27.5. The van der Waals surface area contributed by atoms with Crippen molar-refractivity contribution in [2.75, 3.05) is 52.4 Å². The lowest BCUT2D eigenvalue weighted by Crippen LogP contribution is -2.51. The number of aliphatic carboxylic acids is 1. The van der Waals surface area contributed by atoms with E-state index >= 15 is 0 Å². The van der Waals surface area contributed by atoms with Gasteiger partial charge in [-0.3, -0.25) is 9.89 Å². The van der Waals surface area contributed by atoms with Crippen molar-refractivity contribution in [1.82, 2.24) is 14.7 Å². The van der Waals surface area contributed by atoms with Gasteiger partial charge in [0.15, 0.2) is 5.04 Å². The number of thioether (sulfide) groups is 1. The Morgan fingerprint density at radius 3 is 2.44 bits per heavy atom. The van der Waals surface area contributed by atoms with E-state index < -0.39 is 11.6 Å². The lowest BCUT2D eigenvalue weighted by molar-refractivity contribution is -0.129. The van der Waals surface area contributed by atoms with Gasteiger partial charge in [0.05, 0.1) is 6.54 Å². The molecule has 3 aliphatic heterocycles. The molecule has 0 bridgehead atoms. The standard InChI is InChI=1S/C33H44N4O4S.ClH/c1-21-10-11-24-26(21)25-20-36(13-12-35-14-16-37(17-15-35)32(40)41-33(2,3)4)19-23-18-34-30(31(38)39)42-29(23)28(25)27(24)22-8-6-5-7-9-22;/h10-11,20,22,26H,5-9,12-19H2,1-4H3,(H,38,39);1H. The second-order valence-corrected chi connectivity index (χ2v) is 14.4.